The lowest BCUT2D eigenvalue weighted by atomic mass is 10.1. The molecule has 1 saturated heterocycles. The van der Waals surface area contributed by atoms with E-state index in [0.29, 0.717) is 13.0 Å². The molecule has 1 N–H and O–H groups in total. The molecule has 0 aliphatic carbocycles. The smallest absolute Gasteiger partial charge is 0.387 e. The molecule has 1 aromatic rings. The van der Waals surface area contributed by atoms with Crippen LogP contribution in [0.4, 0.5) is 14.5 Å². The van der Waals surface area contributed by atoms with Crippen LogP contribution in [0.15, 0.2) is 12.1 Å². The van der Waals surface area contributed by atoms with Gasteiger partial charge in [-0.05, 0) is 19.3 Å². The molecule has 0 bridgehead atoms. The van der Waals surface area contributed by atoms with Gasteiger partial charge in [0.25, 0.3) is 0 Å². The Morgan fingerprint density at radius 1 is 1.31 bits per heavy atom. The SMILES string of the molecule is COC(=O)c1cc(OC)c(OC(F)F)cc1NC(=O)CCC1CCCO1. The Kier molecular flexibility index (Phi) is 7.14. The molecule has 1 heterocycles. The van der Waals surface area contributed by atoms with Gasteiger partial charge < -0.3 is 24.3 Å². The summed E-state index contributed by atoms with van der Waals surface area (Å²) in [5.74, 6) is -1.51. The number of methoxy groups -OCH3 is 2. The second kappa shape index (κ2) is 9.33. The highest BCUT2D eigenvalue weighted by Gasteiger charge is 2.22. The molecule has 1 aliphatic heterocycles. The highest BCUT2D eigenvalue weighted by atomic mass is 19.3. The predicted octanol–water partition coefficient (Wildman–Crippen LogP) is 2.98. The second-order valence-corrected chi connectivity index (χ2v) is 5.64. The van der Waals surface area contributed by atoms with E-state index in [-0.39, 0.29) is 41.2 Å². The van der Waals surface area contributed by atoms with Crippen LogP contribution >= 0.6 is 0 Å². The third kappa shape index (κ3) is 5.29. The first kappa shape index (κ1) is 19.9. The zero-order valence-corrected chi connectivity index (χ0v) is 14.6. The van der Waals surface area contributed by atoms with E-state index in [0.717, 1.165) is 18.9 Å². The van der Waals surface area contributed by atoms with Gasteiger partial charge in [0.05, 0.1) is 31.6 Å². The van der Waals surface area contributed by atoms with Crippen molar-refractivity contribution in [1.29, 1.82) is 0 Å². The molecule has 7 nitrogen and oxygen atoms in total. The molecule has 1 unspecified atom stereocenters. The topological polar surface area (TPSA) is 83.1 Å². The number of anilines is 1. The van der Waals surface area contributed by atoms with Crippen LogP contribution in [-0.2, 0) is 14.3 Å². The maximum absolute atomic E-state index is 12.6. The molecular formula is C17H21F2NO6. The van der Waals surface area contributed by atoms with E-state index in [1.165, 1.54) is 20.3 Å². The zero-order valence-electron chi connectivity index (χ0n) is 14.6. The van der Waals surface area contributed by atoms with Crippen LogP contribution in [0.2, 0.25) is 0 Å². The number of nitrogens with one attached hydrogen (secondary N) is 1. The van der Waals surface area contributed by atoms with Gasteiger partial charge in [-0.3, -0.25) is 4.79 Å². The molecule has 1 atom stereocenters. The van der Waals surface area contributed by atoms with E-state index in [2.05, 4.69) is 14.8 Å². The first-order valence-corrected chi connectivity index (χ1v) is 8.11. The van der Waals surface area contributed by atoms with Crippen molar-refractivity contribution < 1.29 is 37.3 Å². The fraction of sp³-hybridized carbons (Fsp3) is 0.529. The average Bonchev–Trinajstić information content (AvgIpc) is 3.12. The van der Waals surface area contributed by atoms with Gasteiger partial charge in [-0.1, -0.05) is 0 Å². The normalized spacial score (nSPS) is 16.4. The number of benzene rings is 1. The number of carbonyl (C=O) groups excluding carboxylic acids is 2. The van der Waals surface area contributed by atoms with Gasteiger partial charge in [0, 0.05) is 25.2 Å². The van der Waals surface area contributed by atoms with E-state index in [1.807, 2.05) is 0 Å². The summed E-state index contributed by atoms with van der Waals surface area (Å²) in [5.41, 5.74) is -0.0259. The minimum Gasteiger partial charge on any atom is -0.493 e. The second-order valence-electron chi connectivity index (χ2n) is 5.64. The number of hydrogen-bond donors (Lipinski definition) is 1. The number of amides is 1. The quantitative estimate of drug-likeness (QED) is 0.706. The maximum atomic E-state index is 12.6. The third-order valence-electron chi connectivity index (χ3n) is 3.92. The van der Waals surface area contributed by atoms with Crippen molar-refractivity contribution in [1.82, 2.24) is 0 Å². The van der Waals surface area contributed by atoms with Crippen molar-refractivity contribution in [3.8, 4) is 11.5 Å². The summed E-state index contributed by atoms with van der Waals surface area (Å²) in [7, 11) is 2.41. The Hall–Kier alpha value is -2.42. The van der Waals surface area contributed by atoms with Gasteiger partial charge in [0.15, 0.2) is 11.5 Å². The van der Waals surface area contributed by atoms with E-state index in [4.69, 9.17) is 9.47 Å². The first-order valence-electron chi connectivity index (χ1n) is 8.11. The summed E-state index contributed by atoms with van der Waals surface area (Å²) in [6, 6.07) is 2.29. The fourth-order valence-electron chi connectivity index (χ4n) is 2.67. The van der Waals surface area contributed by atoms with Crippen LogP contribution in [0.1, 0.15) is 36.0 Å². The van der Waals surface area contributed by atoms with Crippen LogP contribution in [0.25, 0.3) is 0 Å². The van der Waals surface area contributed by atoms with Crippen LogP contribution in [-0.4, -0.2) is 45.4 Å². The number of carbonyl (C=O) groups is 2. The Bertz CT molecular complexity index is 646. The van der Waals surface area contributed by atoms with Crippen LogP contribution in [0, 0.1) is 0 Å². The molecule has 0 aromatic heterocycles. The standard InChI is InChI=1S/C17H21F2NO6/c1-23-13-8-11(16(22)24-2)12(9-14(13)26-17(18)19)20-15(21)6-5-10-4-3-7-25-10/h8-10,17H,3-7H2,1-2H3,(H,20,21). The number of alkyl halides is 2. The third-order valence-corrected chi connectivity index (χ3v) is 3.92. The summed E-state index contributed by atoms with van der Waals surface area (Å²) in [6.07, 6.45) is 2.61. The molecule has 26 heavy (non-hydrogen) atoms. The van der Waals surface area contributed by atoms with Crippen molar-refractivity contribution in [2.24, 2.45) is 0 Å². The highest BCUT2D eigenvalue weighted by Crippen LogP contribution is 2.35. The van der Waals surface area contributed by atoms with Crippen LogP contribution in [0.3, 0.4) is 0 Å². The monoisotopic (exact) mass is 373 g/mol. The number of rotatable bonds is 8. The van der Waals surface area contributed by atoms with Crippen molar-refractivity contribution in [2.75, 3.05) is 26.1 Å². The zero-order chi connectivity index (χ0) is 19.1. The van der Waals surface area contributed by atoms with Crippen LogP contribution in [0.5, 0.6) is 11.5 Å². The van der Waals surface area contributed by atoms with Crippen molar-refractivity contribution in [3.05, 3.63) is 17.7 Å². The van der Waals surface area contributed by atoms with Gasteiger partial charge in [0.2, 0.25) is 5.91 Å². The lowest BCUT2D eigenvalue weighted by Crippen LogP contribution is -2.18. The number of hydrogen-bond acceptors (Lipinski definition) is 6. The molecule has 1 aromatic carbocycles. The molecule has 1 aliphatic rings. The Labute approximate surface area is 149 Å². The van der Waals surface area contributed by atoms with E-state index < -0.39 is 12.6 Å². The number of halogens is 2. The van der Waals surface area contributed by atoms with E-state index >= 15 is 0 Å². The molecule has 1 amide bonds. The maximum Gasteiger partial charge on any atom is 0.387 e. The van der Waals surface area contributed by atoms with Gasteiger partial charge in [0.1, 0.15) is 0 Å². The Balaban J connectivity index is 2.19. The molecule has 2 rings (SSSR count). The highest BCUT2D eigenvalue weighted by molar-refractivity contribution is 6.02. The summed E-state index contributed by atoms with van der Waals surface area (Å²) in [5, 5.41) is 2.54. The van der Waals surface area contributed by atoms with Crippen molar-refractivity contribution in [3.63, 3.8) is 0 Å². The molecule has 0 radical (unpaired) electrons. The van der Waals surface area contributed by atoms with Gasteiger partial charge in [-0.15, -0.1) is 0 Å². The number of esters is 1. The molecule has 144 valence electrons. The minimum absolute atomic E-state index is 0.00522. The Morgan fingerprint density at radius 3 is 2.65 bits per heavy atom. The minimum atomic E-state index is -3.09. The molecular weight excluding hydrogens is 352 g/mol. The van der Waals surface area contributed by atoms with Gasteiger partial charge in [-0.25, -0.2) is 4.79 Å². The van der Waals surface area contributed by atoms with E-state index in [9.17, 15) is 18.4 Å². The Morgan fingerprint density at radius 2 is 2.08 bits per heavy atom. The summed E-state index contributed by atoms with van der Waals surface area (Å²) < 4.78 is 44.6. The lowest BCUT2D eigenvalue weighted by Gasteiger charge is -2.16. The lowest BCUT2D eigenvalue weighted by molar-refractivity contribution is -0.116. The molecule has 1 fully saturated rings. The first-order chi connectivity index (χ1) is 12.4. The average molecular weight is 373 g/mol. The largest absolute Gasteiger partial charge is 0.493 e. The van der Waals surface area contributed by atoms with Gasteiger partial charge >= 0.3 is 12.6 Å². The predicted molar refractivity (Wildman–Crippen MR) is 87.8 cm³/mol. The van der Waals surface area contributed by atoms with Crippen molar-refractivity contribution in [2.45, 2.75) is 38.4 Å². The fourth-order valence-corrected chi connectivity index (χ4v) is 2.67. The molecule has 0 spiro atoms. The number of ether oxygens (including phenoxy) is 4. The van der Waals surface area contributed by atoms with Crippen LogP contribution < -0.4 is 14.8 Å². The van der Waals surface area contributed by atoms with Crippen molar-refractivity contribution >= 4 is 17.6 Å². The summed E-state index contributed by atoms with van der Waals surface area (Å²) >= 11 is 0. The van der Waals surface area contributed by atoms with E-state index in [1.54, 1.807) is 0 Å². The van der Waals surface area contributed by atoms with Gasteiger partial charge in [-0.2, -0.15) is 8.78 Å². The molecule has 9 heteroatoms. The summed E-state index contributed by atoms with van der Waals surface area (Å²) in [6.45, 7) is -2.40. The summed E-state index contributed by atoms with van der Waals surface area (Å²) in [4.78, 5) is 24.1. The molecule has 0 saturated carbocycles.